The molecule has 132 valence electrons. The molecule has 0 N–H and O–H groups in total. The van der Waals surface area contributed by atoms with Crippen molar-refractivity contribution in [1.82, 2.24) is 34.2 Å². The van der Waals surface area contributed by atoms with Crippen LogP contribution in [0.25, 0.3) is 17.0 Å². The Labute approximate surface area is 151 Å². The summed E-state index contributed by atoms with van der Waals surface area (Å²) in [5, 5.41) is 13.8. The predicted molar refractivity (Wildman–Crippen MR) is 98.0 cm³/mol. The van der Waals surface area contributed by atoms with Crippen molar-refractivity contribution in [1.29, 1.82) is 0 Å². The molecule has 1 aliphatic rings. The molecule has 4 aromatic heterocycles. The maximum atomic E-state index is 4.77. The summed E-state index contributed by atoms with van der Waals surface area (Å²) < 4.78 is 5.66. The van der Waals surface area contributed by atoms with Gasteiger partial charge in [-0.2, -0.15) is 15.3 Å². The van der Waals surface area contributed by atoms with Crippen LogP contribution in [-0.4, -0.2) is 34.2 Å². The molecule has 1 fully saturated rings. The second-order valence-corrected chi connectivity index (χ2v) is 7.34. The highest BCUT2D eigenvalue weighted by atomic mass is 15.3. The molecule has 0 saturated heterocycles. The van der Waals surface area contributed by atoms with Gasteiger partial charge in [-0.3, -0.25) is 9.36 Å². The van der Waals surface area contributed by atoms with Crippen LogP contribution in [0, 0.1) is 13.8 Å². The molecule has 0 radical (unpaired) electrons. The van der Waals surface area contributed by atoms with Crippen LogP contribution in [0.1, 0.15) is 40.8 Å². The van der Waals surface area contributed by atoms with Crippen molar-refractivity contribution in [2.75, 3.05) is 0 Å². The van der Waals surface area contributed by atoms with Gasteiger partial charge in [0.15, 0.2) is 5.65 Å². The Kier molecular flexibility index (Phi) is 3.10. The number of imidazole rings is 1. The second kappa shape index (κ2) is 5.27. The smallest absolute Gasteiger partial charge is 0.156 e. The van der Waals surface area contributed by atoms with E-state index in [0.29, 0.717) is 11.8 Å². The van der Waals surface area contributed by atoms with E-state index in [-0.39, 0.29) is 0 Å². The van der Waals surface area contributed by atoms with E-state index in [1.54, 1.807) is 0 Å². The first kappa shape index (κ1) is 15.3. The van der Waals surface area contributed by atoms with Crippen LogP contribution in [0.4, 0.5) is 0 Å². The standard InChI is InChI=1S/C19H21N7/c1-11-5-17(23-26-9-12(2)21-19(11)26)18-7-16(22-25(18)4)15-6-14(15)13-8-20-24(3)10-13/h5,7-10,14-15H,6H2,1-4H3. The van der Waals surface area contributed by atoms with Crippen LogP contribution in [-0.2, 0) is 14.1 Å². The number of rotatable bonds is 3. The first-order valence-electron chi connectivity index (χ1n) is 8.86. The molecule has 0 aliphatic heterocycles. The Bertz CT molecular complexity index is 1130. The van der Waals surface area contributed by atoms with Crippen molar-refractivity contribution < 1.29 is 0 Å². The zero-order valence-corrected chi connectivity index (χ0v) is 15.4. The normalized spacial score (nSPS) is 19.4. The van der Waals surface area contributed by atoms with Crippen molar-refractivity contribution >= 4 is 5.65 Å². The number of fused-ring (bicyclic) bond motifs is 1. The lowest BCUT2D eigenvalue weighted by Gasteiger charge is -2.04. The summed E-state index contributed by atoms with van der Waals surface area (Å²) in [4.78, 5) is 4.53. The summed E-state index contributed by atoms with van der Waals surface area (Å²) in [7, 11) is 3.95. The molecule has 2 unspecified atom stereocenters. The highest BCUT2D eigenvalue weighted by Gasteiger charge is 2.42. The van der Waals surface area contributed by atoms with Gasteiger partial charge >= 0.3 is 0 Å². The number of hydrogen-bond acceptors (Lipinski definition) is 4. The molecule has 0 bridgehead atoms. The van der Waals surface area contributed by atoms with Gasteiger partial charge in [-0.25, -0.2) is 9.50 Å². The summed E-state index contributed by atoms with van der Waals surface area (Å²) in [5.74, 6) is 0.999. The molecule has 2 atom stereocenters. The first-order chi connectivity index (χ1) is 12.5. The minimum atomic E-state index is 0.472. The van der Waals surface area contributed by atoms with Gasteiger partial charge < -0.3 is 0 Å². The molecule has 4 aromatic rings. The van der Waals surface area contributed by atoms with Gasteiger partial charge in [0, 0.05) is 26.2 Å². The molecular weight excluding hydrogens is 326 g/mol. The fourth-order valence-electron chi connectivity index (χ4n) is 3.80. The summed E-state index contributed by atoms with van der Waals surface area (Å²) in [5.41, 5.74) is 7.39. The minimum absolute atomic E-state index is 0.472. The quantitative estimate of drug-likeness (QED) is 0.571. The average Bonchev–Trinajstić information content (AvgIpc) is 2.89. The maximum absolute atomic E-state index is 4.77. The molecular formula is C19H21N7. The monoisotopic (exact) mass is 347 g/mol. The summed E-state index contributed by atoms with van der Waals surface area (Å²) in [6.45, 7) is 4.06. The van der Waals surface area contributed by atoms with Gasteiger partial charge in [0.1, 0.15) is 5.69 Å². The molecule has 1 saturated carbocycles. The Morgan fingerprint density at radius 1 is 1.04 bits per heavy atom. The van der Waals surface area contributed by atoms with Gasteiger partial charge in [-0.1, -0.05) is 0 Å². The molecule has 4 heterocycles. The maximum Gasteiger partial charge on any atom is 0.156 e. The molecule has 1 aliphatic carbocycles. The molecule has 7 heteroatoms. The van der Waals surface area contributed by atoms with Crippen LogP contribution in [0.2, 0.25) is 0 Å². The lowest BCUT2D eigenvalue weighted by Crippen LogP contribution is -2.00. The number of nitrogens with zero attached hydrogens (tertiary/aromatic N) is 7. The zero-order valence-electron chi connectivity index (χ0n) is 15.4. The molecule has 7 nitrogen and oxygen atoms in total. The first-order valence-corrected chi connectivity index (χ1v) is 8.86. The number of aryl methyl sites for hydroxylation is 4. The fourth-order valence-corrected chi connectivity index (χ4v) is 3.80. The van der Waals surface area contributed by atoms with Crippen molar-refractivity contribution in [3.05, 3.63) is 53.2 Å². The molecule has 26 heavy (non-hydrogen) atoms. The Balaban J connectivity index is 1.50. The van der Waals surface area contributed by atoms with Crippen molar-refractivity contribution in [2.45, 2.75) is 32.1 Å². The highest BCUT2D eigenvalue weighted by molar-refractivity contribution is 5.61. The van der Waals surface area contributed by atoms with Gasteiger partial charge in [-0.05, 0) is 49.4 Å². The van der Waals surface area contributed by atoms with E-state index in [1.165, 1.54) is 5.56 Å². The van der Waals surface area contributed by atoms with E-state index in [2.05, 4.69) is 35.3 Å². The van der Waals surface area contributed by atoms with E-state index in [1.807, 2.05) is 47.3 Å². The topological polar surface area (TPSA) is 65.8 Å². The third kappa shape index (κ3) is 2.34. The van der Waals surface area contributed by atoms with Crippen LogP contribution < -0.4 is 0 Å². The third-order valence-corrected chi connectivity index (χ3v) is 5.21. The van der Waals surface area contributed by atoms with E-state index < -0.39 is 0 Å². The van der Waals surface area contributed by atoms with Gasteiger partial charge in [-0.15, -0.1) is 0 Å². The highest BCUT2D eigenvalue weighted by Crippen LogP contribution is 2.54. The fraction of sp³-hybridized carbons (Fsp3) is 0.368. The Hall–Kier alpha value is -2.96. The van der Waals surface area contributed by atoms with E-state index in [9.17, 15) is 0 Å². The SMILES string of the molecule is Cc1cn2nc(-c3cc(C4CC4c4cnn(C)c4)nn3C)cc(C)c2n1. The number of hydrogen-bond donors (Lipinski definition) is 0. The van der Waals surface area contributed by atoms with Gasteiger partial charge in [0.05, 0.1) is 29.5 Å². The van der Waals surface area contributed by atoms with E-state index >= 15 is 0 Å². The van der Waals surface area contributed by atoms with Crippen molar-refractivity contribution in [2.24, 2.45) is 14.1 Å². The summed E-state index contributed by atoms with van der Waals surface area (Å²) >= 11 is 0. The van der Waals surface area contributed by atoms with Crippen LogP contribution in [0.3, 0.4) is 0 Å². The van der Waals surface area contributed by atoms with Crippen LogP contribution >= 0.6 is 0 Å². The molecule has 0 amide bonds. The van der Waals surface area contributed by atoms with Crippen molar-refractivity contribution in [3.8, 4) is 11.4 Å². The van der Waals surface area contributed by atoms with Crippen molar-refractivity contribution in [3.63, 3.8) is 0 Å². The Morgan fingerprint density at radius 2 is 1.88 bits per heavy atom. The summed E-state index contributed by atoms with van der Waals surface area (Å²) in [6.07, 6.45) is 7.17. The molecule has 5 rings (SSSR count). The van der Waals surface area contributed by atoms with Crippen LogP contribution in [0.5, 0.6) is 0 Å². The lowest BCUT2D eigenvalue weighted by atomic mass is 10.1. The minimum Gasteiger partial charge on any atom is -0.276 e. The predicted octanol–water partition coefficient (Wildman–Crippen LogP) is 2.75. The zero-order chi connectivity index (χ0) is 18.0. The lowest BCUT2D eigenvalue weighted by molar-refractivity contribution is 0.742. The Morgan fingerprint density at radius 3 is 2.65 bits per heavy atom. The van der Waals surface area contributed by atoms with Crippen LogP contribution in [0.15, 0.2) is 30.7 Å². The summed E-state index contributed by atoms with van der Waals surface area (Å²) in [6, 6.07) is 4.27. The largest absolute Gasteiger partial charge is 0.276 e. The number of aromatic nitrogens is 7. The molecule has 0 spiro atoms. The van der Waals surface area contributed by atoms with E-state index in [4.69, 9.17) is 10.2 Å². The van der Waals surface area contributed by atoms with Gasteiger partial charge in [0.2, 0.25) is 0 Å². The van der Waals surface area contributed by atoms with E-state index in [0.717, 1.165) is 40.4 Å². The third-order valence-electron chi connectivity index (χ3n) is 5.21. The molecule has 0 aromatic carbocycles. The average molecular weight is 347 g/mol. The second-order valence-electron chi connectivity index (χ2n) is 7.34. The van der Waals surface area contributed by atoms with Gasteiger partial charge in [0.25, 0.3) is 0 Å².